The number of carbonyl (C=O) groups is 1. The van der Waals surface area contributed by atoms with Gasteiger partial charge in [0.05, 0.1) is 6.04 Å². The van der Waals surface area contributed by atoms with E-state index in [2.05, 4.69) is 15.5 Å². The Morgan fingerprint density at radius 2 is 2.33 bits per heavy atom. The van der Waals surface area contributed by atoms with Crippen LogP contribution in [0.15, 0.2) is 10.9 Å². The van der Waals surface area contributed by atoms with Gasteiger partial charge in [-0.25, -0.2) is 0 Å². The van der Waals surface area contributed by atoms with Crippen molar-refractivity contribution >= 4 is 5.91 Å². The Bertz CT molecular complexity index is 402. The molecule has 1 aliphatic carbocycles. The molecule has 0 bridgehead atoms. The molecule has 1 saturated carbocycles. The van der Waals surface area contributed by atoms with Gasteiger partial charge in [0.2, 0.25) is 11.8 Å². The summed E-state index contributed by atoms with van der Waals surface area (Å²) < 4.78 is 4.95. The third-order valence-electron chi connectivity index (χ3n) is 3.55. The topological polar surface area (TPSA) is 71.3 Å². The van der Waals surface area contributed by atoms with E-state index in [1.807, 2.05) is 4.90 Å². The molecule has 1 amide bonds. The van der Waals surface area contributed by atoms with Crippen LogP contribution in [0.25, 0.3) is 0 Å². The van der Waals surface area contributed by atoms with E-state index in [-0.39, 0.29) is 11.9 Å². The number of carbonyl (C=O) groups excluding carboxylic acids is 1. The number of nitrogens with zero attached hydrogens (tertiary/aromatic N) is 3. The molecule has 2 heterocycles. The summed E-state index contributed by atoms with van der Waals surface area (Å²) in [4.78, 5) is 18.1. The van der Waals surface area contributed by atoms with Gasteiger partial charge in [-0.2, -0.15) is 4.98 Å². The first-order valence-electron chi connectivity index (χ1n) is 6.63. The van der Waals surface area contributed by atoms with Crippen LogP contribution in [-0.2, 0) is 11.2 Å². The van der Waals surface area contributed by atoms with Gasteiger partial charge >= 0.3 is 0 Å². The Labute approximate surface area is 106 Å². The Morgan fingerprint density at radius 1 is 1.44 bits per heavy atom. The van der Waals surface area contributed by atoms with Crippen LogP contribution in [0.3, 0.4) is 0 Å². The summed E-state index contributed by atoms with van der Waals surface area (Å²) in [5.74, 6) is 0.827. The minimum atomic E-state index is 0.0222. The number of aromatic nitrogens is 2. The van der Waals surface area contributed by atoms with E-state index in [0.717, 1.165) is 19.4 Å². The molecule has 0 spiro atoms. The van der Waals surface area contributed by atoms with E-state index in [9.17, 15) is 4.79 Å². The molecule has 2 aliphatic rings. The second-order valence-electron chi connectivity index (χ2n) is 5.05. The minimum Gasteiger partial charge on any atom is -0.341 e. The molecule has 0 aromatic carbocycles. The SMILES string of the molecule is O=C1C(NC2CC2)CCCN1CCc1ncno1. The highest BCUT2D eigenvalue weighted by Gasteiger charge is 2.33. The zero-order valence-corrected chi connectivity index (χ0v) is 10.3. The average Bonchev–Trinajstić information content (AvgIpc) is 3.04. The smallest absolute Gasteiger partial charge is 0.239 e. The largest absolute Gasteiger partial charge is 0.341 e. The lowest BCUT2D eigenvalue weighted by Crippen LogP contribution is -2.51. The Kier molecular flexibility index (Phi) is 3.27. The molecule has 1 unspecified atom stereocenters. The molecule has 1 atom stereocenters. The molecule has 0 radical (unpaired) electrons. The molecule has 6 nitrogen and oxygen atoms in total. The maximum absolute atomic E-state index is 12.2. The van der Waals surface area contributed by atoms with E-state index in [4.69, 9.17) is 4.52 Å². The zero-order valence-electron chi connectivity index (χ0n) is 10.3. The van der Waals surface area contributed by atoms with Crippen molar-refractivity contribution in [3.63, 3.8) is 0 Å². The van der Waals surface area contributed by atoms with Crippen LogP contribution in [0, 0.1) is 0 Å². The quantitative estimate of drug-likeness (QED) is 0.816. The van der Waals surface area contributed by atoms with Crippen molar-refractivity contribution in [1.82, 2.24) is 20.4 Å². The third-order valence-corrected chi connectivity index (χ3v) is 3.55. The molecule has 18 heavy (non-hydrogen) atoms. The number of likely N-dealkylation sites (tertiary alicyclic amines) is 1. The molecule has 3 rings (SSSR count). The van der Waals surface area contributed by atoms with Gasteiger partial charge in [-0.15, -0.1) is 0 Å². The summed E-state index contributed by atoms with van der Waals surface area (Å²) in [6.07, 6.45) is 6.50. The van der Waals surface area contributed by atoms with Gasteiger partial charge in [0.15, 0.2) is 6.33 Å². The van der Waals surface area contributed by atoms with Crippen LogP contribution in [0.5, 0.6) is 0 Å². The van der Waals surface area contributed by atoms with Crippen LogP contribution < -0.4 is 5.32 Å². The van der Waals surface area contributed by atoms with Crippen molar-refractivity contribution in [1.29, 1.82) is 0 Å². The minimum absolute atomic E-state index is 0.0222. The fraction of sp³-hybridized carbons (Fsp3) is 0.750. The molecule has 1 aliphatic heterocycles. The fourth-order valence-electron chi connectivity index (χ4n) is 2.39. The van der Waals surface area contributed by atoms with Crippen LogP contribution in [0.2, 0.25) is 0 Å². The summed E-state index contributed by atoms with van der Waals surface area (Å²) in [5.41, 5.74) is 0. The highest BCUT2D eigenvalue weighted by molar-refractivity contribution is 5.82. The van der Waals surface area contributed by atoms with Gasteiger partial charge in [0.25, 0.3) is 0 Å². The number of hydrogen-bond acceptors (Lipinski definition) is 5. The van der Waals surface area contributed by atoms with Crippen molar-refractivity contribution in [3.8, 4) is 0 Å². The average molecular weight is 250 g/mol. The predicted molar refractivity (Wildman–Crippen MR) is 63.8 cm³/mol. The molecular weight excluding hydrogens is 232 g/mol. The molecule has 1 aromatic rings. The molecule has 1 aromatic heterocycles. The molecule has 6 heteroatoms. The van der Waals surface area contributed by atoms with Gasteiger partial charge in [-0.05, 0) is 25.7 Å². The van der Waals surface area contributed by atoms with Crippen LogP contribution in [0.4, 0.5) is 0 Å². The maximum atomic E-state index is 12.2. The van der Waals surface area contributed by atoms with E-state index in [1.165, 1.54) is 19.2 Å². The lowest BCUT2D eigenvalue weighted by atomic mass is 10.0. The van der Waals surface area contributed by atoms with Gasteiger partial charge in [0, 0.05) is 25.6 Å². The highest BCUT2D eigenvalue weighted by atomic mass is 16.5. The van der Waals surface area contributed by atoms with Gasteiger partial charge in [0.1, 0.15) is 0 Å². The van der Waals surface area contributed by atoms with Crippen molar-refractivity contribution in [3.05, 3.63) is 12.2 Å². The summed E-state index contributed by atoms with van der Waals surface area (Å²) >= 11 is 0. The van der Waals surface area contributed by atoms with Gasteiger partial charge in [-0.3, -0.25) is 4.79 Å². The first-order chi connectivity index (χ1) is 8.83. The van der Waals surface area contributed by atoms with E-state index < -0.39 is 0 Å². The van der Waals surface area contributed by atoms with Crippen LogP contribution in [0.1, 0.15) is 31.6 Å². The van der Waals surface area contributed by atoms with E-state index >= 15 is 0 Å². The normalized spacial score (nSPS) is 24.6. The number of nitrogens with one attached hydrogen (secondary N) is 1. The second kappa shape index (κ2) is 5.06. The summed E-state index contributed by atoms with van der Waals surface area (Å²) in [6.45, 7) is 1.51. The van der Waals surface area contributed by atoms with E-state index in [0.29, 0.717) is 24.9 Å². The number of piperidine rings is 1. The lowest BCUT2D eigenvalue weighted by molar-refractivity contribution is -0.136. The maximum Gasteiger partial charge on any atom is 0.239 e. The summed E-state index contributed by atoms with van der Waals surface area (Å²) in [6, 6.07) is 0.601. The first-order valence-corrected chi connectivity index (χ1v) is 6.63. The fourth-order valence-corrected chi connectivity index (χ4v) is 2.39. The first kappa shape index (κ1) is 11.6. The van der Waals surface area contributed by atoms with Crippen LogP contribution >= 0.6 is 0 Å². The van der Waals surface area contributed by atoms with Crippen molar-refractivity contribution in [2.75, 3.05) is 13.1 Å². The monoisotopic (exact) mass is 250 g/mol. The summed E-state index contributed by atoms with van der Waals surface area (Å²) in [5, 5.41) is 6.99. The number of amides is 1. The van der Waals surface area contributed by atoms with E-state index in [1.54, 1.807) is 0 Å². The highest BCUT2D eigenvalue weighted by Crippen LogP contribution is 2.22. The second-order valence-corrected chi connectivity index (χ2v) is 5.05. The van der Waals surface area contributed by atoms with Crippen molar-refractivity contribution in [2.24, 2.45) is 0 Å². The molecule has 98 valence electrons. The molecule has 2 fully saturated rings. The molecule has 1 N–H and O–H groups in total. The Balaban J connectivity index is 1.52. The Morgan fingerprint density at radius 3 is 3.06 bits per heavy atom. The number of hydrogen-bond donors (Lipinski definition) is 1. The predicted octanol–water partition coefficient (Wildman–Crippen LogP) is 0.355. The molecule has 1 saturated heterocycles. The Hall–Kier alpha value is -1.43. The zero-order chi connectivity index (χ0) is 12.4. The van der Waals surface area contributed by atoms with Gasteiger partial charge in [-0.1, -0.05) is 5.16 Å². The third kappa shape index (κ3) is 2.69. The van der Waals surface area contributed by atoms with Crippen molar-refractivity contribution in [2.45, 2.75) is 44.2 Å². The van der Waals surface area contributed by atoms with Gasteiger partial charge < -0.3 is 14.7 Å². The standard InChI is InChI=1S/C12H18N4O2/c17-12-10(15-9-3-4-9)2-1-6-16(12)7-5-11-13-8-14-18-11/h8-10,15H,1-7H2. The number of rotatable bonds is 5. The molecular formula is C12H18N4O2. The lowest BCUT2D eigenvalue weighted by Gasteiger charge is -2.32. The van der Waals surface area contributed by atoms with Crippen LogP contribution in [-0.4, -0.2) is 46.1 Å². The van der Waals surface area contributed by atoms with Crippen molar-refractivity contribution < 1.29 is 9.32 Å². The summed E-state index contributed by atoms with van der Waals surface area (Å²) in [7, 11) is 0.